The first-order chi connectivity index (χ1) is 40.3. The minimum Gasteiger partial charge on any atom is -0.465 e. The highest BCUT2D eigenvalue weighted by Gasteiger charge is 2.70. The van der Waals surface area contributed by atoms with Gasteiger partial charge in [-0.1, -0.05) is 6.07 Å². The Labute approximate surface area is 509 Å². The van der Waals surface area contributed by atoms with E-state index in [9.17, 15) is 14.7 Å². The van der Waals surface area contributed by atoms with Crippen LogP contribution in [-0.4, -0.2) is 142 Å². The zero-order chi connectivity index (χ0) is 58.5. The summed E-state index contributed by atoms with van der Waals surface area (Å²) in [5, 5.41) is 29.3. The molecular weight excluding hydrogens is 1220 g/mol. The lowest BCUT2D eigenvalue weighted by atomic mass is 9.97. The molecule has 2 saturated carbocycles. The van der Waals surface area contributed by atoms with E-state index in [1.54, 1.807) is 27.6 Å². The number of rotatable bonds is 11. The van der Waals surface area contributed by atoms with Crippen LogP contribution < -0.4 is 24.6 Å². The summed E-state index contributed by atoms with van der Waals surface area (Å²) in [5.74, 6) is 4.44. The molecule has 8 atom stereocenters. The number of anilines is 2. The number of benzene rings is 1. The zero-order valence-electron chi connectivity index (χ0n) is 48.8. The van der Waals surface area contributed by atoms with Gasteiger partial charge in [-0.3, -0.25) is 0 Å². The van der Waals surface area contributed by atoms with E-state index in [4.69, 9.17) is 63.8 Å². The molecule has 2 aliphatic carbocycles. The van der Waals surface area contributed by atoms with E-state index in [0.717, 1.165) is 138 Å². The minimum atomic E-state index is -0.880. The summed E-state index contributed by atoms with van der Waals surface area (Å²) in [6.07, 6.45) is 10.1. The number of carboxylic acid groups (broad SMARTS) is 1. The number of hydrogen-bond acceptors (Lipinski definition) is 19. The van der Waals surface area contributed by atoms with Gasteiger partial charge in [0.2, 0.25) is 6.79 Å². The summed E-state index contributed by atoms with van der Waals surface area (Å²) in [6, 6.07) is 5.83. The Balaban J connectivity index is 0.000000160. The average molecular weight is 1300 g/mol. The Kier molecular flexibility index (Phi) is 15.0. The second-order valence-electron chi connectivity index (χ2n) is 25.5. The highest BCUT2D eigenvalue weighted by Crippen LogP contribution is 2.66. The van der Waals surface area contributed by atoms with Crippen molar-refractivity contribution in [1.29, 1.82) is 0 Å². The molecule has 1 aromatic carbocycles. The van der Waals surface area contributed by atoms with Gasteiger partial charge in [-0.05, 0) is 165 Å². The van der Waals surface area contributed by atoms with Crippen LogP contribution in [0.25, 0.3) is 33.6 Å². The van der Waals surface area contributed by atoms with E-state index in [1.165, 1.54) is 0 Å². The number of thiazole rings is 2. The SMILES string of the molecule is Cc1csc(C2(CN(C(=O)O)C(C)(C)C)C3CCN(c4cnc5c(I)nn(C6CCCCO6)c5n4)CC32)n1.Cc1csc(C2(CNC(=O)OC(C)(C)C)C3CCN(c4cnc5c(-c6cccc7c6OCO7)nn(C6CCCCO6)c5n4)CC32)n1. The number of fused-ring (bicyclic) bond motifs is 5. The van der Waals surface area contributed by atoms with Gasteiger partial charge in [-0.15, -0.1) is 22.7 Å². The first-order valence-electron chi connectivity index (χ1n) is 29.4. The van der Waals surface area contributed by atoms with Gasteiger partial charge < -0.3 is 48.8 Å². The van der Waals surface area contributed by atoms with Crippen molar-refractivity contribution in [2.24, 2.45) is 23.7 Å². The van der Waals surface area contributed by atoms with Crippen LogP contribution in [0.5, 0.6) is 11.5 Å². The summed E-state index contributed by atoms with van der Waals surface area (Å²) in [4.78, 5) is 61.1. The number of hydrogen-bond donors (Lipinski definition) is 2. The summed E-state index contributed by atoms with van der Waals surface area (Å²) in [6.45, 7) is 21.4. The van der Waals surface area contributed by atoms with Crippen LogP contribution in [0.1, 0.15) is 127 Å². The molecule has 7 aliphatic rings. The van der Waals surface area contributed by atoms with Crippen molar-refractivity contribution in [2.75, 3.05) is 69.1 Å². The third kappa shape index (κ3) is 10.5. The Morgan fingerprint density at radius 3 is 1.92 bits per heavy atom. The quantitative estimate of drug-likeness (QED) is 0.115. The second-order valence-corrected chi connectivity index (χ2v) is 28.2. The lowest BCUT2D eigenvalue weighted by Gasteiger charge is -2.36. The highest BCUT2D eigenvalue weighted by atomic mass is 127. The molecule has 2 N–H and O–H groups in total. The van der Waals surface area contributed by atoms with Crippen molar-refractivity contribution in [3.05, 3.63) is 66.5 Å². The Hall–Kier alpha value is -6.03. The fourth-order valence-corrected chi connectivity index (χ4v) is 16.6. The number of alkyl carbamates (subject to hydrolysis) is 1. The molecule has 2 amide bonds. The Morgan fingerprint density at radius 2 is 1.35 bits per heavy atom. The number of halogens is 1. The monoisotopic (exact) mass is 1300 g/mol. The number of carbonyl (C=O) groups is 2. The number of para-hydroxylation sites is 1. The van der Waals surface area contributed by atoms with Gasteiger partial charge in [0.15, 0.2) is 38.9 Å². The van der Waals surface area contributed by atoms with E-state index in [0.29, 0.717) is 71.7 Å². The first-order valence-corrected chi connectivity index (χ1v) is 32.3. The van der Waals surface area contributed by atoms with E-state index in [-0.39, 0.29) is 30.1 Å². The molecule has 446 valence electrons. The molecule has 84 heavy (non-hydrogen) atoms. The van der Waals surface area contributed by atoms with Crippen molar-refractivity contribution in [2.45, 2.75) is 141 Å². The molecular formula is C59H73IN14O8S2. The third-order valence-corrected chi connectivity index (χ3v) is 21.0. The normalized spacial score (nSPS) is 26.3. The largest absolute Gasteiger partial charge is 0.465 e. The molecule has 5 aliphatic heterocycles. The van der Waals surface area contributed by atoms with Gasteiger partial charge in [0.1, 0.15) is 44.0 Å². The van der Waals surface area contributed by atoms with Gasteiger partial charge in [0.25, 0.3) is 0 Å². The van der Waals surface area contributed by atoms with Gasteiger partial charge >= 0.3 is 12.2 Å². The van der Waals surface area contributed by atoms with E-state index in [2.05, 4.69) is 48.5 Å². The molecule has 14 rings (SSSR count). The topological polar surface area (TPSA) is 235 Å². The van der Waals surface area contributed by atoms with Crippen LogP contribution in [0.2, 0.25) is 0 Å². The fraction of sp³-hybridized carbons (Fsp3) is 0.593. The van der Waals surface area contributed by atoms with Crippen LogP contribution in [0.4, 0.5) is 21.2 Å². The summed E-state index contributed by atoms with van der Waals surface area (Å²) in [7, 11) is 0. The van der Waals surface area contributed by atoms with Crippen LogP contribution >= 0.6 is 45.3 Å². The highest BCUT2D eigenvalue weighted by molar-refractivity contribution is 14.1. The molecule has 4 saturated heterocycles. The Morgan fingerprint density at radius 1 is 0.762 bits per heavy atom. The van der Waals surface area contributed by atoms with Crippen molar-refractivity contribution in [1.82, 2.24) is 59.7 Å². The van der Waals surface area contributed by atoms with Gasteiger partial charge in [-0.2, -0.15) is 10.2 Å². The lowest BCUT2D eigenvalue weighted by molar-refractivity contribution is -0.0372. The molecule has 25 heteroatoms. The maximum absolute atomic E-state index is 12.7. The predicted molar refractivity (Wildman–Crippen MR) is 326 cm³/mol. The molecule has 0 bridgehead atoms. The molecule has 0 spiro atoms. The molecule has 7 aromatic rings. The maximum Gasteiger partial charge on any atom is 0.407 e. The number of piperidine rings is 2. The maximum atomic E-state index is 12.7. The summed E-state index contributed by atoms with van der Waals surface area (Å²) in [5.41, 5.74) is 4.94. The van der Waals surface area contributed by atoms with Crippen LogP contribution in [0.15, 0.2) is 41.4 Å². The smallest absolute Gasteiger partial charge is 0.407 e. The number of carbonyl (C=O) groups excluding carboxylic acids is 1. The number of nitrogens with zero attached hydrogens (tertiary/aromatic N) is 13. The van der Waals surface area contributed by atoms with E-state index in [1.807, 2.05) is 95.3 Å². The molecule has 8 unspecified atom stereocenters. The van der Waals surface area contributed by atoms with Crippen molar-refractivity contribution in [3.8, 4) is 22.8 Å². The number of aryl methyl sites for hydroxylation is 2. The first kappa shape index (κ1) is 57.1. The molecule has 11 heterocycles. The number of nitrogens with one attached hydrogen (secondary N) is 1. The molecule has 22 nitrogen and oxygen atoms in total. The minimum absolute atomic E-state index is 0.103. The van der Waals surface area contributed by atoms with Gasteiger partial charge in [0.05, 0.1) is 18.0 Å². The van der Waals surface area contributed by atoms with E-state index >= 15 is 0 Å². The predicted octanol–water partition coefficient (Wildman–Crippen LogP) is 10.7. The van der Waals surface area contributed by atoms with Crippen molar-refractivity contribution >= 4 is 91.4 Å². The second kappa shape index (κ2) is 22.0. The number of aromatic nitrogens is 10. The summed E-state index contributed by atoms with van der Waals surface area (Å²) >= 11 is 5.57. The Bertz CT molecular complexity index is 3620. The van der Waals surface area contributed by atoms with Crippen molar-refractivity contribution < 1.29 is 38.4 Å². The van der Waals surface area contributed by atoms with Gasteiger partial charge in [0, 0.05) is 91.0 Å². The van der Waals surface area contributed by atoms with Crippen LogP contribution in [0, 0.1) is 41.2 Å². The molecule has 6 aromatic heterocycles. The standard InChI is InChI=1S/C33H39N7O5S.C26H34IN7O3S/c1-19-16-46-30(36-19)33(17-35-31(41)45-32(2,3)4)21-11-12-39(15-22(21)33)24-14-34-27-26(20-8-7-9-23-28(20)44-18-43-23)38-40(29(27)37-24)25-10-5-6-13-42-25;1-15-13-38-23(29-15)26(14-33(24(35)36)25(2,3)4)16-8-9-32(12-17(16)26)18-11-28-20-21(27)31-34(22(20)30-18)19-7-5-6-10-37-19/h7-9,14,16,21-22,25H,5-6,10-13,15,17-18H2,1-4H3,(H,35,41);11,13,16-17,19H,5-10,12,14H2,1-4H3,(H,35,36). The van der Waals surface area contributed by atoms with Crippen molar-refractivity contribution in [3.63, 3.8) is 0 Å². The van der Waals surface area contributed by atoms with Crippen LogP contribution in [-0.2, 0) is 25.0 Å². The number of amides is 2. The average Bonchev–Trinajstić information content (AvgIpc) is 1.68. The zero-order valence-corrected chi connectivity index (χ0v) is 52.6. The van der Waals surface area contributed by atoms with E-state index < -0.39 is 23.3 Å². The lowest BCUT2D eigenvalue weighted by Crippen LogP contribution is -2.49. The fourth-order valence-electron chi connectivity index (χ4n) is 13.8. The summed E-state index contributed by atoms with van der Waals surface area (Å²) < 4.78 is 33.9. The van der Waals surface area contributed by atoms with Crippen LogP contribution in [0.3, 0.4) is 0 Å². The number of ether oxygens (including phenoxy) is 5. The molecule has 0 radical (unpaired) electrons. The van der Waals surface area contributed by atoms with Gasteiger partial charge in [-0.25, -0.2) is 48.9 Å². The molecule has 6 fully saturated rings. The third-order valence-electron chi connectivity index (χ3n) is 18.0.